The summed E-state index contributed by atoms with van der Waals surface area (Å²) in [7, 11) is -10.1. The summed E-state index contributed by atoms with van der Waals surface area (Å²) in [6, 6.07) is 5.07. The first-order chi connectivity index (χ1) is 7.63. The van der Waals surface area contributed by atoms with E-state index in [1.165, 1.54) is 24.3 Å². The molecule has 7 nitrogen and oxygen atoms in total. The van der Waals surface area contributed by atoms with Crippen LogP contribution in [0.2, 0.25) is 5.02 Å². The summed E-state index contributed by atoms with van der Waals surface area (Å²) in [5.41, 5.74) is 0. The Morgan fingerprint density at radius 1 is 1.24 bits per heavy atom. The van der Waals surface area contributed by atoms with E-state index in [2.05, 4.69) is 4.52 Å². The Hall–Kier alpha value is -0.520. The molecular formula is C7H8ClO7P2+. The number of halogens is 1. The highest BCUT2D eigenvalue weighted by Gasteiger charge is 2.57. The molecule has 0 radical (unpaired) electrons. The van der Waals surface area contributed by atoms with Gasteiger partial charge in [0.05, 0.1) is 0 Å². The topological polar surface area (TPSA) is 124 Å². The molecule has 0 amide bonds. The Morgan fingerprint density at radius 3 is 2.12 bits per heavy atom. The van der Waals surface area contributed by atoms with Crippen LogP contribution in [0.4, 0.5) is 4.79 Å². The SMILES string of the molecule is O=C(P(=O)(O)Oc1ccc(Cl)cc1)[P+](O)(O)O. The van der Waals surface area contributed by atoms with Crippen molar-refractivity contribution in [2.75, 3.05) is 0 Å². The number of hydrogen-bond donors (Lipinski definition) is 4. The molecule has 0 fully saturated rings. The molecule has 1 unspecified atom stereocenters. The fourth-order valence-electron chi connectivity index (χ4n) is 0.847. The van der Waals surface area contributed by atoms with E-state index in [0.29, 0.717) is 5.02 Å². The maximum Gasteiger partial charge on any atom is 0.493 e. The van der Waals surface area contributed by atoms with Crippen LogP contribution in [0.3, 0.4) is 0 Å². The Labute approximate surface area is 101 Å². The van der Waals surface area contributed by atoms with Crippen molar-refractivity contribution in [1.29, 1.82) is 0 Å². The molecule has 17 heavy (non-hydrogen) atoms. The molecular weight excluding hydrogens is 293 g/mol. The highest BCUT2D eigenvalue weighted by atomic mass is 35.5. The van der Waals surface area contributed by atoms with Gasteiger partial charge in [-0.3, -0.25) is 0 Å². The molecule has 0 heterocycles. The van der Waals surface area contributed by atoms with Crippen molar-refractivity contribution in [3.8, 4) is 5.75 Å². The van der Waals surface area contributed by atoms with Gasteiger partial charge in [-0.2, -0.15) is 14.7 Å². The van der Waals surface area contributed by atoms with Crippen molar-refractivity contribution in [2.45, 2.75) is 0 Å². The van der Waals surface area contributed by atoms with Crippen molar-refractivity contribution in [2.24, 2.45) is 0 Å². The summed E-state index contributed by atoms with van der Waals surface area (Å²) in [5.74, 6) is -0.179. The first kappa shape index (κ1) is 14.5. The van der Waals surface area contributed by atoms with Crippen LogP contribution in [0.5, 0.6) is 5.75 Å². The van der Waals surface area contributed by atoms with E-state index in [4.69, 9.17) is 31.2 Å². The summed E-state index contributed by atoms with van der Waals surface area (Å²) in [5, 5.41) is -1.70. The fourth-order valence-corrected chi connectivity index (χ4v) is 2.94. The van der Waals surface area contributed by atoms with E-state index in [9.17, 15) is 9.36 Å². The fraction of sp³-hybridized carbons (Fsp3) is 0. The van der Waals surface area contributed by atoms with Crippen LogP contribution in [-0.2, 0) is 4.57 Å². The zero-order valence-corrected chi connectivity index (χ0v) is 10.6. The molecule has 1 aromatic rings. The van der Waals surface area contributed by atoms with E-state index >= 15 is 0 Å². The van der Waals surface area contributed by atoms with Crippen LogP contribution in [0, 0.1) is 0 Å². The number of benzene rings is 1. The van der Waals surface area contributed by atoms with Gasteiger partial charge in [-0.1, -0.05) is 11.6 Å². The van der Waals surface area contributed by atoms with E-state index in [1.807, 2.05) is 0 Å². The van der Waals surface area contributed by atoms with Gasteiger partial charge >= 0.3 is 20.8 Å². The minimum atomic E-state index is -5.08. The summed E-state index contributed by atoms with van der Waals surface area (Å²) >= 11 is 5.55. The number of hydrogen-bond acceptors (Lipinski definition) is 6. The van der Waals surface area contributed by atoms with Crippen LogP contribution < -0.4 is 4.52 Å². The Bertz CT molecular complexity index is 466. The third-order valence-electron chi connectivity index (χ3n) is 1.54. The van der Waals surface area contributed by atoms with E-state index < -0.39 is 20.8 Å². The summed E-state index contributed by atoms with van der Waals surface area (Å²) < 4.78 is 15.7. The normalized spacial score (nSPS) is 15.1. The molecule has 1 rings (SSSR count). The van der Waals surface area contributed by atoms with Gasteiger partial charge in [-0.05, 0) is 24.3 Å². The molecule has 0 aliphatic carbocycles. The second kappa shape index (κ2) is 5.00. The van der Waals surface area contributed by atoms with Gasteiger partial charge in [0.2, 0.25) is 0 Å². The summed E-state index contributed by atoms with van der Waals surface area (Å²) in [4.78, 5) is 45.9. The van der Waals surface area contributed by atoms with Crippen LogP contribution in [0.25, 0.3) is 0 Å². The van der Waals surface area contributed by atoms with E-state index in [1.54, 1.807) is 0 Å². The van der Waals surface area contributed by atoms with Gasteiger partial charge in [0.1, 0.15) is 5.75 Å². The standard InChI is InChI=1S/C7H7ClO7P2/c8-5-1-3-6(4-2-5)15-17(13,14)7(9)16(10,11)12/h1-4,10-12H/p+1. The molecule has 1 aromatic carbocycles. The predicted octanol–water partition coefficient (Wildman–Crippen LogP) is 1.76. The van der Waals surface area contributed by atoms with E-state index in [-0.39, 0.29) is 5.75 Å². The molecule has 0 spiro atoms. The Balaban J connectivity index is 2.91. The zero-order valence-electron chi connectivity index (χ0n) is 8.10. The quantitative estimate of drug-likeness (QED) is 0.624. The minimum absolute atomic E-state index is 0.179. The van der Waals surface area contributed by atoms with Crippen molar-refractivity contribution in [3.63, 3.8) is 0 Å². The van der Waals surface area contributed by atoms with E-state index in [0.717, 1.165) is 0 Å². The van der Waals surface area contributed by atoms with Crippen molar-refractivity contribution < 1.29 is 33.5 Å². The zero-order chi connectivity index (χ0) is 13.3. The highest BCUT2D eigenvalue weighted by Crippen LogP contribution is 2.62. The average Bonchev–Trinajstić information content (AvgIpc) is 2.19. The Morgan fingerprint density at radius 2 is 1.71 bits per heavy atom. The third kappa shape index (κ3) is 4.01. The monoisotopic (exact) mass is 301 g/mol. The van der Waals surface area contributed by atoms with Gasteiger partial charge in [-0.25, -0.2) is 9.36 Å². The first-order valence-electron chi connectivity index (χ1n) is 4.03. The third-order valence-corrected chi connectivity index (χ3v) is 4.81. The minimum Gasteiger partial charge on any atom is -0.417 e. The smallest absolute Gasteiger partial charge is 0.417 e. The maximum atomic E-state index is 11.3. The second-order valence-corrected chi connectivity index (χ2v) is 6.88. The molecule has 10 heteroatoms. The number of carbonyl (C=O) groups excluding carboxylic acids is 1. The summed E-state index contributed by atoms with van der Waals surface area (Å²) in [6.45, 7) is 0. The average molecular weight is 302 g/mol. The largest absolute Gasteiger partial charge is 0.493 e. The summed E-state index contributed by atoms with van der Waals surface area (Å²) in [6.07, 6.45) is 0. The van der Waals surface area contributed by atoms with Crippen LogP contribution in [0.1, 0.15) is 0 Å². The number of rotatable bonds is 4. The molecule has 0 bridgehead atoms. The molecule has 4 N–H and O–H groups in total. The molecule has 94 valence electrons. The number of carbonyl (C=O) groups is 1. The molecule has 0 saturated carbocycles. The lowest BCUT2D eigenvalue weighted by Gasteiger charge is -2.10. The highest BCUT2D eigenvalue weighted by molar-refractivity contribution is 8.00. The van der Waals surface area contributed by atoms with Crippen molar-refractivity contribution in [1.82, 2.24) is 0 Å². The second-order valence-electron chi connectivity index (χ2n) is 2.92. The van der Waals surface area contributed by atoms with Gasteiger partial charge in [0.25, 0.3) is 0 Å². The van der Waals surface area contributed by atoms with Gasteiger partial charge < -0.3 is 9.42 Å². The predicted molar refractivity (Wildman–Crippen MR) is 60.9 cm³/mol. The lowest BCUT2D eigenvalue weighted by Crippen LogP contribution is -2.07. The van der Waals surface area contributed by atoms with Gasteiger partial charge in [0, 0.05) is 5.02 Å². The molecule has 0 aromatic heterocycles. The lowest BCUT2D eigenvalue weighted by atomic mass is 10.3. The van der Waals surface area contributed by atoms with Gasteiger partial charge in [0.15, 0.2) is 0 Å². The van der Waals surface area contributed by atoms with Crippen LogP contribution in [-0.4, -0.2) is 24.8 Å². The Kier molecular flexibility index (Phi) is 4.28. The molecule has 0 aliphatic rings. The molecule has 0 aliphatic heterocycles. The van der Waals surface area contributed by atoms with Crippen molar-refractivity contribution in [3.05, 3.63) is 29.3 Å². The van der Waals surface area contributed by atoms with Crippen LogP contribution in [0.15, 0.2) is 24.3 Å². The van der Waals surface area contributed by atoms with Crippen LogP contribution >= 0.6 is 27.1 Å². The molecule has 1 atom stereocenters. The lowest BCUT2D eigenvalue weighted by molar-refractivity contribution is 0.250. The molecule has 0 saturated heterocycles. The first-order valence-corrected chi connectivity index (χ1v) is 7.63. The maximum absolute atomic E-state index is 11.3. The van der Waals surface area contributed by atoms with Crippen molar-refractivity contribution >= 4 is 32.4 Å². The van der Waals surface area contributed by atoms with Gasteiger partial charge in [-0.15, -0.1) is 0 Å².